The predicted octanol–water partition coefficient (Wildman–Crippen LogP) is 4.71. The highest BCUT2D eigenvalue weighted by molar-refractivity contribution is 7.99. The summed E-state index contributed by atoms with van der Waals surface area (Å²) in [6, 6.07) is 14.4. The van der Waals surface area contributed by atoms with E-state index in [1.165, 1.54) is 22.9 Å². The van der Waals surface area contributed by atoms with Gasteiger partial charge in [-0.3, -0.25) is 0 Å². The number of aromatic nitrogens is 2. The predicted molar refractivity (Wildman–Crippen MR) is 123 cm³/mol. The average molecular weight is 438 g/mol. The summed E-state index contributed by atoms with van der Waals surface area (Å²) in [6.45, 7) is 1.90. The molecule has 154 valence electrons. The van der Waals surface area contributed by atoms with E-state index in [4.69, 9.17) is 23.1 Å². The van der Waals surface area contributed by atoms with Crippen molar-refractivity contribution in [2.45, 2.75) is 35.2 Å². The molecule has 1 aliphatic carbocycles. The molecule has 4 N–H and O–H groups in total. The maximum Gasteiger partial charge on any atom is 0.147 e. The van der Waals surface area contributed by atoms with Gasteiger partial charge in [0.1, 0.15) is 10.8 Å². The van der Waals surface area contributed by atoms with Crippen LogP contribution in [0.4, 0.5) is 11.5 Å². The van der Waals surface area contributed by atoms with Crippen molar-refractivity contribution in [1.29, 1.82) is 0 Å². The number of halogens is 1. The zero-order chi connectivity index (χ0) is 20.7. The Hall–Kier alpha value is -2.28. The van der Waals surface area contributed by atoms with Gasteiger partial charge < -0.3 is 16.4 Å². The molecule has 1 saturated heterocycles. The van der Waals surface area contributed by atoms with Crippen LogP contribution in [0.5, 0.6) is 0 Å². The summed E-state index contributed by atoms with van der Waals surface area (Å²) in [5, 5.41) is 1.36. The minimum absolute atomic E-state index is 0.128. The molecule has 1 spiro atoms. The summed E-state index contributed by atoms with van der Waals surface area (Å²) in [7, 11) is 0. The quantitative estimate of drug-likeness (QED) is 0.577. The van der Waals surface area contributed by atoms with Crippen molar-refractivity contribution in [3.63, 3.8) is 0 Å². The number of rotatable bonds is 3. The van der Waals surface area contributed by atoms with E-state index in [9.17, 15) is 0 Å². The first-order valence-corrected chi connectivity index (χ1v) is 11.4. The smallest absolute Gasteiger partial charge is 0.147 e. The van der Waals surface area contributed by atoms with Gasteiger partial charge in [0.15, 0.2) is 0 Å². The lowest BCUT2D eigenvalue weighted by atomic mass is 9.73. The second-order valence-corrected chi connectivity index (χ2v) is 9.62. The lowest BCUT2D eigenvalue weighted by molar-refractivity contribution is 0.187. The molecule has 7 heteroatoms. The number of piperidine rings is 1. The first kappa shape index (κ1) is 19.7. The molecule has 0 radical (unpaired) electrons. The summed E-state index contributed by atoms with van der Waals surface area (Å²) in [5.41, 5.74) is 16.1. The molecule has 2 aromatic carbocycles. The van der Waals surface area contributed by atoms with E-state index in [0.717, 1.165) is 48.1 Å². The molecular weight excluding hydrogens is 414 g/mol. The zero-order valence-electron chi connectivity index (χ0n) is 16.6. The number of nitrogens with two attached hydrogens (primary N) is 2. The molecule has 1 aromatic heterocycles. The van der Waals surface area contributed by atoms with Gasteiger partial charge in [-0.05, 0) is 47.9 Å². The molecule has 30 heavy (non-hydrogen) atoms. The van der Waals surface area contributed by atoms with Crippen molar-refractivity contribution >= 4 is 34.9 Å². The number of nitrogen functional groups attached to an aromatic ring is 1. The van der Waals surface area contributed by atoms with Crippen LogP contribution in [0.2, 0.25) is 5.02 Å². The van der Waals surface area contributed by atoms with E-state index in [0.29, 0.717) is 10.7 Å². The molecule has 3 aromatic rings. The molecule has 5 nitrogen and oxygen atoms in total. The van der Waals surface area contributed by atoms with E-state index in [-0.39, 0.29) is 11.5 Å². The first-order valence-electron chi connectivity index (χ1n) is 10.2. The molecule has 5 rings (SSSR count). The van der Waals surface area contributed by atoms with Gasteiger partial charge in [0.25, 0.3) is 0 Å². The van der Waals surface area contributed by atoms with Crippen LogP contribution in [-0.4, -0.2) is 23.1 Å². The van der Waals surface area contributed by atoms with Gasteiger partial charge in [-0.1, -0.05) is 53.7 Å². The van der Waals surface area contributed by atoms with Gasteiger partial charge in [-0.2, -0.15) is 0 Å². The molecule has 0 unspecified atom stereocenters. The molecule has 1 atom stereocenters. The van der Waals surface area contributed by atoms with Crippen molar-refractivity contribution in [1.82, 2.24) is 9.97 Å². The molecule has 0 bridgehead atoms. The number of anilines is 2. The van der Waals surface area contributed by atoms with Gasteiger partial charge in [0, 0.05) is 24.0 Å². The van der Waals surface area contributed by atoms with Crippen molar-refractivity contribution < 1.29 is 0 Å². The maximum atomic E-state index is 6.69. The SMILES string of the molecule is Nc1cccc(Sc2cnc(N3CCC4(CC3)Cc3ccccc3[C@H]4N)cn2)c1Cl. The summed E-state index contributed by atoms with van der Waals surface area (Å²) >= 11 is 7.76. The van der Waals surface area contributed by atoms with E-state index in [1.807, 2.05) is 18.3 Å². The number of hydrogen-bond donors (Lipinski definition) is 2. The fraction of sp³-hybridized carbons (Fsp3) is 0.304. The Labute approximate surface area is 185 Å². The van der Waals surface area contributed by atoms with Crippen molar-refractivity contribution in [2.24, 2.45) is 11.1 Å². The van der Waals surface area contributed by atoms with Gasteiger partial charge in [0.2, 0.25) is 0 Å². The van der Waals surface area contributed by atoms with E-state index in [1.54, 1.807) is 12.3 Å². The van der Waals surface area contributed by atoms with Gasteiger partial charge in [-0.25, -0.2) is 9.97 Å². The van der Waals surface area contributed by atoms with Crippen LogP contribution in [-0.2, 0) is 6.42 Å². The van der Waals surface area contributed by atoms with Crippen LogP contribution < -0.4 is 16.4 Å². The molecule has 0 saturated carbocycles. The van der Waals surface area contributed by atoms with Crippen molar-refractivity contribution in [3.8, 4) is 0 Å². The minimum atomic E-state index is 0.128. The second kappa shape index (κ2) is 7.76. The maximum absolute atomic E-state index is 6.69. The largest absolute Gasteiger partial charge is 0.397 e. The summed E-state index contributed by atoms with van der Waals surface area (Å²) in [6.07, 6.45) is 6.88. The standard InChI is InChI=1S/C23H24ClN5S/c24-21-17(25)6-3-7-18(21)30-20-14-27-19(13-28-20)29-10-8-23(9-11-29)12-15-4-1-2-5-16(15)22(23)26/h1-7,13-14,22H,8-12,25-26H2/t22-/m1/s1. The Morgan fingerprint density at radius 1 is 1.03 bits per heavy atom. The normalized spacial score (nSPS) is 19.8. The van der Waals surface area contributed by atoms with Crippen molar-refractivity contribution in [2.75, 3.05) is 23.7 Å². The molecule has 1 aliphatic heterocycles. The Morgan fingerprint density at radius 3 is 2.57 bits per heavy atom. The summed E-state index contributed by atoms with van der Waals surface area (Å²) in [4.78, 5) is 12.5. The van der Waals surface area contributed by atoms with Gasteiger partial charge in [0.05, 0.1) is 23.1 Å². The van der Waals surface area contributed by atoms with Crippen LogP contribution in [0.3, 0.4) is 0 Å². The molecule has 2 heterocycles. The Morgan fingerprint density at radius 2 is 1.83 bits per heavy atom. The summed E-state index contributed by atoms with van der Waals surface area (Å²) in [5.74, 6) is 0.914. The number of fused-ring (bicyclic) bond motifs is 1. The van der Waals surface area contributed by atoms with Gasteiger partial charge >= 0.3 is 0 Å². The Bertz CT molecular complexity index is 1060. The monoisotopic (exact) mass is 437 g/mol. The topological polar surface area (TPSA) is 81.1 Å². The fourth-order valence-corrected chi connectivity index (χ4v) is 5.76. The van der Waals surface area contributed by atoms with Crippen LogP contribution in [0.15, 0.2) is 64.8 Å². The second-order valence-electron chi connectivity index (χ2n) is 8.18. The minimum Gasteiger partial charge on any atom is -0.397 e. The highest BCUT2D eigenvalue weighted by atomic mass is 35.5. The Balaban J connectivity index is 1.26. The number of nitrogens with zero attached hydrogens (tertiary/aromatic N) is 3. The zero-order valence-corrected chi connectivity index (χ0v) is 18.2. The lowest BCUT2D eigenvalue weighted by Crippen LogP contribution is -2.44. The molecular formula is C23H24ClN5S. The van der Waals surface area contributed by atoms with E-state index < -0.39 is 0 Å². The van der Waals surface area contributed by atoms with Crippen LogP contribution in [0.1, 0.15) is 30.0 Å². The van der Waals surface area contributed by atoms with Crippen LogP contribution in [0, 0.1) is 5.41 Å². The van der Waals surface area contributed by atoms with Crippen LogP contribution >= 0.6 is 23.4 Å². The Kier molecular flexibility index (Phi) is 5.09. The van der Waals surface area contributed by atoms with E-state index in [2.05, 4.69) is 39.1 Å². The molecule has 0 amide bonds. The lowest BCUT2D eigenvalue weighted by Gasteiger charge is -2.42. The van der Waals surface area contributed by atoms with E-state index >= 15 is 0 Å². The number of hydrogen-bond acceptors (Lipinski definition) is 6. The van der Waals surface area contributed by atoms with Crippen molar-refractivity contribution in [3.05, 3.63) is 71.0 Å². The fourth-order valence-electron chi connectivity index (χ4n) is 4.73. The summed E-state index contributed by atoms with van der Waals surface area (Å²) < 4.78 is 0. The highest BCUT2D eigenvalue weighted by Crippen LogP contribution is 2.50. The molecule has 1 fully saturated rings. The third-order valence-corrected chi connectivity index (χ3v) is 8.01. The average Bonchev–Trinajstić information content (AvgIpc) is 3.04. The van der Waals surface area contributed by atoms with Crippen LogP contribution in [0.25, 0.3) is 0 Å². The number of benzene rings is 2. The third kappa shape index (κ3) is 3.43. The first-order chi connectivity index (χ1) is 14.6. The highest BCUT2D eigenvalue weighted by Gasteiger charge is 2.45. The third-order valence-electron chi connectivity index (χ3n) is 6.50. The van der Waals surface area contributed by atoms with Gasteiger partial charge in [-0.15, -0.1) is 0 Å². The molecule has 2 aliphatic rings.